The summed E-state index contributed by atoms with van der Waals surface area (Å²) in [6.45, 7) is 7.82. The van der Waals surface area contributed by atoms with Gasteiger partial charge in [0.25, 0.3) is 5.91 Å². The number of quaternary nitrogens is 1. The quantitative estimate of drug-likeness (QED) is 0.833. The molecule has 2 rings (SSSR count). The Morgan fingerprint density at radius 3 is 2.79 bits per heavy atom. The number of anilines is 1. The number of likely N-dealkylation sites (tertiary alicyclic amines) is 1. The number of piperidine rings is 1. The maximum atomic E-state index is 12.2. The van der Waals surface area contributed by atoms with E-state index in [1.54, 1.807) is 4.68 Å². The van der Waals surface area contributed by atoms with Crippen LogP contribution in [0.2, 0.25) is 0 Å². The lowest BCUT2D eigenvalue weighted by Gasteiger charge is -2.29. The Morgan fingerprint density at radius 1 is 1.47 bits per heavy atom. The van der Waals surface area contributed by atoms with Crippen LogP contribution < -0.4 is 10.2 Å². The first-order valence-electron chi connectivity index (χ1n) is 7.13. The highest BCUT2D eigenvalue weighted by atomic mass is 16.2. The number of hydrogen-bond acceptors (Lipinski definition) is 2. The highest BCUT2D eigenvalue weighted by Crippen LogP contribution is 2.17. The molecule has 2 N–H and O–H groups in total. The Morgan fingerprint density at radius 2 is 2.21 bits per heavy atom. The van der Waals surface area contributed by atoms with Gasteiger partial charge in [-0.25, -0.2) is 0 Å². The van der Waals surface area contributed by atoms with Crippen molar-refractivity contribution in [2.24, 2.45) is 7.05 Å². The maximum absolute atomic E-state index is 12.2. The summed E-state index contributed by atoms with van der Waals surface area (Å²) in [4.78, 5) is 13.6. The summed E-state index contributed by atoms with van der Waals surface area (Å²) in [5.41, 5.74) is 2.76. The molecule has 1 aliphatic heterocycles. The highest BCUT2D eigenvalue weighted by Gasteiger charge is 2.24. The molecule has 0 aromatic carbocycles. The first-order chi connectivity index (χ1) is 8.99. The van der Waals surface area contributed by atoms with E-state index in [0.717, 1.165) is 23.6 Å². The molecule has 19 heavy (non-hydrogen) atoms. The van der Waals surface area contributed by atoms with Crippen LogP contribution >= 0.6 is 0 Å². The molecule has 0 aliphatic carbocycles. The summed E-state index contributed by atoms with van der Waals surface area (Å²) >= 11 is 0. The second-order valence-electron chi connectivity index (χ2n) is 5.70. The molecule has 1 amide bonds. The summed E-state index contributed by atoms with van der Waals surface area (Å²) in [6, 6.07) is 0.593. The number of nitrogens with one attached hydrogen (secondary N) is 2. The zero-order chi connectivity index (χ0) is 14.0. The first-order valence-corrected chi connectivity index (χ1v) is 7.13. The molecule has 1 aromatic heterocycles. The topological polar surface area (TPSA) is 51.4 Å². The predicted molar refractivity (Wildman–Crippen MR) is 75.3 cm³/mol. The lowest BCUT2D eigenvalue weighted by molar-refractivity contribution is -0.920. The third-order valence-corrected chi connectivity index (χ3v) is 4.24. The number of aromatic nitrogens is 2. The normalized spacial score (nSPS) is 23.4. The lowest BCUT2D eigenvalue weighted by Crippen LogP contribution is -3.17. The van der Waals surface area contributed by atoms with Crippen molar-refractivity contribution in [2.45, 2.75) is 46.1 Å². The van der Waals surface area contributed by atoms with Gasteiger partial charge in [0.15, 0.2) is 6.54 Å². The van der Waals surface area contributed by atoms with Gasteiger partial charge in [-0.05, 0) is 40.0 Å². The highest BCUT2D eigenvalue weighted by molar-refractivity contribution is 5.92. The summed E-state index contributed by atoms with van der Waals surface area (Å²) in [7, 11) is 1.90. The van der Waals surface area contributed by atoms with E-state index in [9.17, 15) is 4.79 Å². The zero-order valence-corrected chi connectivity index (χ0v) is 12.4. The number of carbonyl (C=O) groups excluding carboxylic acids is 1. The minimum atomic E-state index is 0.1000. The third kappa shape index (κ3) is 3.15. The van der Waals surface area contributed by atoms with Gasteiger partial charge in [-0.1, -0.05) is 0 Å². The zero-order valence-electron chi connectivity index (χ0n) is 12.4. The summed E-state index contributed by atoms with van der Waals surface area (Å²) in [5.74, 6) is 0.1000. The molecule has 1 saturated heterocycles. The van der Waals surface area contributed by atoms with Gasteiger partial charge in [-0.3, -0.25) is 9.48 Å². The van der Waals surface area contributed by atoms with Gasteiger partial charge in [0.2, 0.25) is 0 Å². The molecule has 0 spiro atoms. The first kappa shape index (κ1) is 14.1. The van der Waals surface area contributed by atoms with Gasteiger partial charge in [-0.2, -0.15) is 5.10 Å². The van der Waals surface area contributed by atoms with Crippen LogP contribution in [-0.2, 0) is 11.8 Å². The van der Waals surface area contributed by atoms with Crippen molar-refractivity contribution >= 4 is 11.6 Å². The van der Waals surface area contributed by atoms with E-state index in [4.69, 9.17) is 0 Å². The SMILES string of the molecule is Cc1nn(C)c(C)c1NC(=O)C[NH+]1CCCC[C@H]1C. The van der Waals surface area contributed by atoms with E-state index in [1.165, 1.54) is 24.2 Å². The van der Waals surface area contributed by atoms with Crippen LogP contribution in [0.4, 0.5) is 5.69 Å². The molecule has 0 radical (unpaired) electrons. The molecule has 1 fully saturated rings. The van der Waals surface area contributed by atoms with Gasteiger partial charge >= 0.3 is 0 Å². The molecule has 1 unspecified atom stereocenters. The average molecular weight is 265 g/mol. The van der Waals surface area contributed by atoms with Gasteiger partial charge < -0.3 is 10.2 Å². The molecule has 0 saturated carbocycles. The summed E-state index contributed by atoms with van der Waals surface area (Å²) in [6.07, 6.45) is 3.76. The fourth-order valence-corrected chi connectivity index (χ4v) is 2.86. The monoisotopic (exact) mass is 265 g/mol. The Bertz CT molecular complexity index is 466. The standard InChI is InChI=1S/C14H24N4O/c1-10-7-5-6-8-18(10)9-13(19)15-14-11(2)16-17(4)12(14)3/h10H,5-9H2,1-4H3,(H,15,19)/p+1/t10-/m1/s1. The van der Waals surface area contributed by atoms with Crippen molar-refractivity contribution in [3.63, 3.8) is 0 Å². The van der Waals surface area contributed by atoms with Crippen LogP contribution in [0.25, 0.3) is 0 Å². The van der Waals surface area contributed by atoms with E-state index in [1.807, 2.05) is 20.9 Å². The summed E-state index contributed by atoms with van der Waals surface area (Å²) < 4.78 is 1.81. The fourth-order valence-electron chi connectivity index (χ4n) is 2.86. The number of carbonyl (C=O) groups is 1. The van der Waals surface area contributed by atoms with Crippen molar-refractivity contribution in [2.75, 3.05) is 18.4 Å². The molecule has 2 atom stereocenters. The van der Waals surface area contributed by atoms with Gasteiger partial charge in [0.05, 0.1) is 29.7 Å². The minimum Gasteiger partial charge on any atom is -0.325 e. The fraction of sp³-hybridized carbons (Fsp3) is 0.714. The molecular formula is C14H25N4O+. The Balaban J connectivity index is 1.97. The second-order valence-corrected chi connectivity index (χ2v) is 5.70. The molecule has 1 aromatic rings. The smallest absolute Gasteiger partial charge is 0.279 e. The number of hydrogen-bond donors (Lipinski definition) is 2. The number of aryl methyl sites for hydroxylation is 2. The molecule has 1 aliphatic rings. The average Bonchev–Trinajstić information content (AvgIpc) is 2.59. The van der Waals surface area contributed by atoms with Gasteiger partial charge in [0.1, 0.15) is 0 Å². The van der Waals surface area contributed by atoms with Crippen molar-refractivity contribution in [1.82, 2.24) is 9.78 Å². The molecule has 2 heterocycles. The van der Waals surface area contributed by atoms with Gasteiger partial charge in [-0.15, -0.1) is 0 Å². The number of nitrogens with zero attached hydrogens (tertiary/aromatic N) is 2. The molecule has 0 bridgehead atoms. The van der Waals surface area contributed by atoms with Crippen molar-refractivity contribution in [1.29, 1.82) is 0 Å². The van der Waals surface area contributed by atoms with E-state index in [2.05, 4.69) is 17.3 Å². The number of amides is 1. The lowest BCUT2D eigenvalue weighted by atomic mass is 10.0. The second kappa shape index (κ2) is 5.74. The summed E-state index contributed by atoms with van der Waals surface area (Å²) in [5, 5.41) is 7.34. The van der Waals surface area contributed by atoms with E-state index in [0.29, 0.717) is 12.6 Å². The Kier molecular flexibility index (Phi) is 4.24. The van der Waals surface area contributed by atoms with E-state index in [-0.39, 0.29) is 5.91 Å². The minimum absolute atomic E-state index is 0.1000. The molecule has 5 heteroatoms. The van der Waals surface area contributed by atoms with Crippen molar-refractivity contribution in [3.8, 4) is 0 Å². The van der Waals surface area contributed by atoms with Crippen LogP contribution in [0.1, 0.15) is 37.6 Å². The van der Waals surface area contributed by atoms with Gasteiger partial charge in [0, 0.05) is 7.05 Å². The van der Waals surface area contributed by atoms with E-state index < -0.39 is 0 Å². The molecule has 106 valence electrons. The van der Waals surface area contributed by atoms with Crippen molar-refractivity contribution in [3.05, 3.63) is 11.4 Å². The van der Waals surface area contributed by atoms with Crippen LogP contribution in [0, 0.1) is 13.8 Å². The Labute approximate surface area is 115 Å². The van der Waals surface area contributed by atoms with Crippen LogP contribution in [-0.4, -0.2) is 34.8 Å². The van der Waals surface area contributed by atoms with Crippen LogP contribution in [0.15, 0.2) is 0 Å². The molecular weight excluding hydrogens is 240 g/mol. The largest absolute Gasteiger partial charge is 0.325 e. The maximum Gasteiger partial charge on any atom is 0.279 e. The molecule has 5 nitrogen and oxygen atoms in total. The third-order valence-electron chi connectivity index (χ3n) is 4.24. The predicted octanol–water partition coefficient (Wildman–Crippen LogP) is 0.433. The van der Waals surface area contributed by atoms with Crippen LogP contribution in [0.5, 0.6) is 0 Å². The number of rotatable bonds is 3. The Hall–Kier alpha value is -1.36. The van der Waals surface area contributed by atoms with Crippen molar-refractivity contribution < 1.29 is 9.69 Å². The van der Waals surface area contributed by atoms with E-state index >= 15 is 0 Å². The van der Waals surface area contributed by atoms with Crippen LogP contribution in [0.3, 0.4) is 0 Å².